The third-order valence-corrected chi connectivity index (χ3v) is 4.33. The SMILES string of the molecule is Cc1nc([C@@H]2CCCCN2Cc2cc(=O)n3[nH]ccc3n2)n[nH]1. The van der Waals surface area contributed by atoms with Gasteiger partial charge in [0.05, 0.1) is 11.7 Å². The standard InChI is InChI=1S/C15H19N7O/c1-10-17-15(20-19-10)12-4-2-3-7-21(12)9-11-8-14(23)22-13(18-11)5-6-16-22/h5-6,8,12,16H,2-4,7,9H2,1H3,(H,17,19,20)/t12-/m0/s1. The molecule has 0 radical (unpaired) electrons. The van der Waals surface area contributed by atoms with Crippen LogP contribution in [0.3, 0.4) is 0 Å². The van der Waals surface area contributed by atoms with Crippen LogP contribution in [0.1, 0.15) is 42.6 Å². The Morgan fingerprint density at radius 3 is 3.09 bits per heavy atom. The van der Waals surface area contributed by atoms with Gasteiger partial charge in [0.2, 0.25) is 0 Å². The summed E-state index contributed by atoms with van der Waals surface area (Å²) in [6.45, 7) is 3.51. The fourth-order valence-electron chi connectivity index (χ4n) is 3.25. The number of aryl methyl sites for hydroxylation is 1. The summed E-state index contributed by atoms with van der Waals surface area (Å²) in [5.41, 5.74) is 1.35. The smallest absolute Gasteiger partial charge is 0.272 e. The molecule has 1 saturated heterocycles. The molecule has 4 rings (SSSR count). The van der Waals surface area contributed by atoms with Gasteiger partial charge in [-0.05, 0) is 26.3 Å². The quantitative estimate of drug-likeness (QED) is 0.757. The van der Waals surface area contributed by atoms with E-state index in [0.29, 0.717) is 12.2 Å². The highest BCUT2D eigenvalue weighted by atomic mass is 16.1. The van der Waals surface area contributed by atoms with E-state index in [-0.39, 0.29) is 11.6 Å². The zero-order valence-electron chi connectivity index (χ0n) is 13.0. The molecule has 3 aromatic rings. The third kappa shape index (κ3) is 2.65. The molecule has 0 aromatic carbocycles. The molecule has 0 amide bonds. The van der Waals surface area contributed by atoms with Crippen molar-refractivity contribution in [3.63, 3.8) is 0 Å². The van der Waals surface area contributed by atoms with Crippen LogP contribution in [0.5, 0.6) is 0 Å². The van der Waals surface area contributed by atoms with E-state index in [9.17, 15) is 4.79 Å². The minimum Gasteiger partial charge on any atom is -0.297 e. The summed E-state index contributed by atoms with van der Waals surface area (Å²) < 4.78 is 1.44. The molecule has 0 unspecified atom stereocenters. The van der Waals surface area contributed by atoms with Crippen LogP contribution < -0.4 is 5.56 Å². The summed E-state index contributed by atoms with van der Waals surface area (Å²) >= 11 is 0. The van der Waals surface area contributed by atoms with Gasteiger partial charge < -0.3 is 0 Å². The lowest BCUT2D eigenvalue weighted by atomic mass is 10.0. The normalized spacial score (nSPS) is 19.4. The molecular formula is C15H19N7O. The summed E-state index contributed by atoms with van der Waals surface area (Å²) in [6.07, 6.45) is 5.06. The van der Waals surface area contributed by atoms with Gasteiger partial charge in [-0.15, -0.1) is 0 Å². The van der Waals surface area contributed by atoms with Gasteiger partial charge in [0.25, 0.3) is 5.56 Å². The van der Waals surface area contributed by atoms with Gasteiger partial charge in [-0.1, -0.05) is 6.42 Å². The van der Waals surface area contributed by atoms with Crippen molar-refractivity contribution in [3.05, 3.63) is 46.0 Å². The van der Waals surface area contributed by atoms with Gasteiger partial charge in [0, 0.05) is 24.9 Å². The molecule has 2 N–H and O–H groups in total. The highest BCUT2D eigenvalue weighted by Crippen LogP contribution is 2.29. The number of hydrogen-bond acceptors (Lipinski definition) is 5. The number of aromatic nitrogens is 6. The Hall–Kier alpha value is -2.48. The van der Waals surface area contributed by atoms with E-state index >= 15 is 0 Å². The van der Waals surface area contributed by atoms with E-state index < -0.39 is 0 Å². The van der Waals surface area contributed by atoms with Gasteiger partial charge in [-0.3, -0.25) is 19.9 Å². The molecule has 1 aliphatic heterocycles. The number of fused-ring (bicyclic) bond motifs is 1. The van der Waals surface area contributed by atoms with Crippen LogP contribution in [-0.2, 0) is 6.54 Å². The van der Waals surface area contributed by atoms with Crippen LogP contribution in [0.4, 0.5) is 0 Å². The summed E-state index contributed by atoms with van der Waals surface area (Å²) in [5.74, 6) is 1.66. The minimum atomic E-state index is -0.0858. The lowest BCUT2D eigenvalue weighted by Crippen LogP contribution is -2.34. The molecule has 1 fully saturated rings. The van der Waals surface area contributed by atoms with Crippen molar-refractivity contribution in [1.29, 1.82) is 0 Å². The summed E-state index contributed by atoms with van der Waals surface area (Å²) in [7, 11) is 0. The van der Waals surface area contributed by atoms with E-state index in [4.69, 9.17) is 0 Å². The summed E-state index contributed by atoms with van der Waals surface area (Å²) in [5, 5.41) is 10.1. The van der Waals surface area contributed by atoms with Crippen molar-refractivity contribution in [2.45, 2.75) is 38.8 Å². The number of aromatic amines is 2. The second-order valence-corrected chi connectivity index (χ2v) is 6.00. The average molecular weight is 313 g/mol. The summed E-state index contributed by atoms with van der Waals surface area (Å²) in [4.78, 5) is 23.5. The maximum Gasteiger partial charge on any atom is 0.272 e. The lowest BCUT2D eigenvalue weighted by molar-refractivity contribution is 0.132. The molecule has 8 nitrogen and oxygen atoms in total. The van der Waals surface area contributed by atoms with E-state index in [0.717, 1.165) is 36.7 Å². The number of nitrogens with zero attached hydrogens (tertiary/aromatic N) is 5. The number of H-pyrrole nitrogens is 2. The first kappa shape index (κ1) is 14.1. The summed E-state index contributed by atoms with van der Waals surface area (Å²) in [6, 6.07) is 3.58. The topological polar surface area (TPSA) is 95.0 Å². The van der Waals surface area contributed by atoms with Gasteiger partial charge in [-0.25, -0.2) is 14.5 Å². The molecule has 3 aromatic heterocycles. The Morgan fingerprint density at radius 1 is 1.35 bits per heavy atom. The molecular weight excluding hydrogens is 294 g/mol. The molecule has 4 heterocycles. The number of nitrogens with one attached hydrogen (secondary N) is 2. The molecule has 0 aliphatic carbocycles. The van der Waals surface area contributed by atoms with Crippen molar-refractivity contribution in [1.82, 2.24) is 34.7 Å². The first-order valence-corrected chi connectivity index (χ1v) is 7.90. The van der Waals surface area contributed by atoms with Crippen LogP contribution in [-0.4, -0.2) is 41.2 Å². The number of hydrogen-bond donors (Lipinski definition) is 2. The second-order valence-electron chi connectivity index (χ2n) is 6.00. The maximum atomic E-state index is 12.1. The van der Waals surface area contributed by atoms with Crippen molar-refractivity contribution < 1.29 is 0 Å². The zero-order valence-corrected chi connectivity index (χ0v) is 13.0. The molecule has 1 aliphatic rings. The molecule has 0 saturated carbocycles. The predicted octanol–water partition coefficient (Wildman–Crippen LogP) is 1.18. The van der Waals surface area contributed by atoms with Crippen molar-refractivity contribution in [2.75, 3.05) is 6.54 Å². The van der Waals surface area contributed by atoms with Crippen molar-refractivity contribution in [3.8, 4) is 0 Å². The second kappa shape index (κ2) is 5.62. The first-order valence-electron chi connectivity index (χ1n) is 7.90. The molecule has 120 valence electrons. The fourth-order valence-corrected chi connectivity index (χ4v) is 3.25. The molecule has 1 atom stereocenters. The Morgan fingerprint density at radius 2 is 2.26 bits per heavy atom. The molecule has 23 heavy (non-hydrogen) atoms. The van der Waals surface area contributed by atoms with E-state index in [1.807, 2.05) is 6.92 Å². The number of rotatable bonds is 3. The fraction of sp³-hybridized carbons (Fsp3) is 0.467. The van der Waals surface area contributed by atoms with Crippen LogP contribution in [0.2, 0.25) is 0 Å². The van der Waals surface area contributed by atoms with Crippen LogP contribution >= 0.6 is 0 Å². The Bertz CT molecular complexity index is 877. The molecule has 0 bridgehead atoms. The third-order valence-electron chi connectivity index (χ3n) is 4.33. The van der Waals surface area contributed by atoms with Crippen LogP contribution in [0.15, 0.2) is 23.1 Å². The van der Waals surface area contributed by atoms with E-state index in [1.54, 1.807) is 18.3 Å². The Balaban J connectivity index is 1.63. The Labute approximate surface area is 132 Å². The van der Waals surface area contributed by atoms with Gasteiger partial charge in [0.15, 0.2) is 11.5 Å². The van der Waals surface area contributed by atoms with Crippen molar-refractivity contribution >= 4 is 5.65 Å². The zero-order chi connectivity index (χ0) is 15.8. The monoisotopic (exact) mass is 313 g/mol. The van der Waals surface area contributed by atoms with E-state index in [1.165, 1.54) is 10.9 Å². The molecule has 8 heteroatoms. The Kier molecular flexibility index (Phi) is 3.45. The highest BCUT2D eigenvalue weighted by molar-refractivity contribution is 5.36. The predicted molar refractivity (Wildman–Crippen MR) is 83.9 cm³/mol. The van der Waals surface area contributed by atoms with Gasteiger partial charge >= 0.3 is 0 Å². The molecule has 0 spiro atoms. The minimum absolute atomic E-state index is 0.0858. The van der Waals surface area contributed by atoms with E-state index in [2.05, 4.69) is 30.2 Å². The highest BCUT2D eigenvalue weighted by Gasteiger charge is 2.27. The number of likely N-dealkylation sites (tertiary alicyclic amines) is 1. The largest absolute Gasteiger partial charge is 0.297 e. The number of piperidine rings is 1. The van der Waals surface area contributed by atoms with Crippen LogP contribution in [0, 0.1) is 6.92 Å². The first-order chi connectivity index (χ1) is 11.2. The average Bonchev–Trinajstić information content (AvgIpc) is 3.17. The van der Waals surface area contributed by atoms with Crippen molar-refractivity contribution in [2.24, 2.45) is 0 Å². The van der Waals surface area contributed by atoms with Gasteiger partial charge in [-0.2, -0.15) is 5.10 Å². The maximum absolute atomic E-state index is 12.1. The lowest BCUT2D eigenvalue weighted by Gasteiger charge is -2.33. The van der Waals surface area contributed by atoms with Gasteiger partial charge in [0.1, 0.15) is 5.82 Å². The van der Waals surface area contributed by atoms with Crippen LogP contribution in [0.25, 0.3) is 5.65 Å².